The van der Waals surface area contributed by atoms with Crippen LogP contribution in [-0.4, -0.2) is 16.4 Å². The highest BCUT2D eigenvalue weighted by Gasteiger charge is 2.00. The van der Waals surface area contributed by atoms with Crippen molar-refractivity contribution in [2.45, 2.75) is 0 Å². The zero-order valence-corrected chi connectivity index (χ0v) is 7.92. The molecule has 0 aliphatic carbocycles. The Morgan fingerprint density at radius 3 is 2.67 bits per heavy atom. The van der Waals surface area contributed by atoms with E-state index in [1.54, 1.807) is 12.3 Å². The Morgan fingerprint density at radius 1 is 1.07 bits per heavy atom. The first-order valence-electron chi connectivity index (χ1n) is 4.49. The highest BCUT2D eigenvalue weighted by Crippen LogP contribution is 2.15. The summed E-state index contributed by atoms with van der Waals surface area (Å²) in [7, 11) is 0. The predicted octanol–water partition coefficient (Wildman–Crippen LogP) is 1.71. The van der Waals surface area contributed by atoms with Gasteiger partial charge in [-0.15, -0.1) is 0 Å². The van der Waals surface area contributed by atoms with Crippen molar-refractivity contribution in [3.05, 3.63) is 42.6 Å². The van der Waals surface area contributed by atoms with Crippen molar-refractivity contribution in [2.24, 2.45) is 0 Å². The van der Waals surface area contributed by atoms with Gasteiger partial charge in [0.1, 0.15) is 5.82 Å². The Hall–Kier alpha value is -2.23. The van der Waals surface area contributed by atoms with E-state index in [9.17, 15) is 4.79 Å². The number of nitrogens with zero attached hydrogens (tertiary/aromatic N) is 2. The molecule has 0 aromatic carbocycles. The normalized spacial score (nSPS) is 9.60. The molecule has 2 rings (SSSR count). The maximum Gasteiger partial charge on any atom is 0.212 e. The fraction of sp³-hybridized carbons (Fsp3) is 0. The molecule has 0 unspecified atom stereocenters. The van der Waals surface area contributed by atoms with Gasteiger partial charge in [-0.3, -0.25) is 9.78 Å². The number of aromatic nitrogens is 2. The maximum atomic E-state index is 10.3. The van der Waals surface area contributed by atoms with Crippen molar-refractivity contribution >= 4 is 12.2 Å². The van der Waals surface area contributed by atoms with Crippen LogP contribution < -0.4 is 5.32 Å². The van der Waals surface area contributed by atoms with Gasteiger partial charge in [0.15, 0.2) is 0 Å². The number of nitrogens with one attached hydrogen (secondary N) is 1. The van der Waals surface area contributed by atoms with Crippen LogP contribution in [0.4, 0.5) is 5.82 Å². The summed E-state index contributed by atoms with van der Waals surface area (Å²) in [5.41, 5.74) is 1.52. The van der Waals surface area contributed by atoms with Gasteiger partial charge in [0.2, 0.25) is 6.41 Å². The van der Waals surface area contributed by atoms with Gasteiger partial charge in [-0.2, -0.15) is 0 Å². The van der Waals surface area contributed by atoms with Crippen LogP contribution in [0.3, 0.4) is 0 Å². The Balaban J connectivity index is 2.37. The van der Waals surface area contributed by atoms with E-state index in [2.05, 4.69) is 15.3 Å². The number of carbonyl (C=O) groups excluding carboxylic acids is 1. The van der Waals surface area contributed by atoms with Gasteiger partial charge in [0.25, 0.3) is 0 Å². The summed E-state index contributed by atoms with van der Waals surface area (Å²) in [5, 5.41) is 2.50. The Morgan fingerprint density at radius 2 is 1.93 bits per heavy atom. The predicted molar refractivity (Wildman–Crippen MR) is 57.2 cm³/mol. The molecule has 1 amide bonds. The first kappa shape index (κ1) is 9.33. The molecule has 2 aromatic rings. The SMILES string of the molecule is O=CNc1cccc(-c2ccccn2)n1. The molecular formula is C11H9N3O. The Kier molecular flexibility index (Phi) is 2.69. The van der Waals surface area contributed by atoms with Crippen LogP contribution >= 0.6 is 0 Å². The van der Waals surface area contributed by atoms with Crippen molar-refractivity contribution in [1.29, 1.82) is 0 Å². The molecule has 0 saturated carbocycles. The van der Waals surface area contributed by atoms with Gasteiger partial charge < -0.3 is 5.32 Å². The van der Waals surface area contributed by atoms with E-state index < -0.39 is 0 Å². The highest BCUT2D eigenvalue weighted by molar-refractivity contribution is 5.70. The monoisotopic (exact) mass is 199 g/mol. The molecule has 4 nitrogen and oxygen atoms in total. The lowest BCUT2D eigenvalue weighted by atomic mass is 10.2. The van der Waals surface area contributed by atoms with Crippen molar-refractivity contribution in [3.63, 3.8) is 0 Å². The van der Waals surface area contributed by atoms with Crippen LogP contribution in [-0.2, 0) is 4.79 Å². The van der Waals surface area contributed by atoms with Crippen LogP contribution in [0.25, 0.3) is 11.4 Å². The minimum atomic E-state index is 0.521. The second kappa shape index (κ2) is 4.32. The average Bonchev–Trinajstić information content (AvgIpc) is 2.31. The van der Waals surface area contributed by atoms with Gasteiger partial charge in [-0.25, -0.2) is 4.98 Å². The summed E-state index contributed by atoms with van der Waals surface area (Å²) < 4.78 is 0. The van der Waals surface area contributed by atoms with Gasteiger partial charge in [0.05, 0.1) is 11.4 Å². The molecule has 0 spiro atoms. The van der Waals surface area contributed by atoms with E-state index in [4.69, 9.17) is 0 Å². The molecule has 2 aromatic heterocycles. The van der Waals surface area contributed by atoms with E-state index >= 15 is 0 Å². The lowest BCUT2D eigenvalue weighted by molar-refractivity contribution is -0.105. The van der Waals surface area contributed by atoms with Crippen LogP contribution in [0.5, 0.6) is 0 Å². The molecule has 0 saturated heterocycles. The van der Waals surface area contributed by atoms with E-state index in [-0.39, 0.29) is 0 Å². The molecule has 0 bridgehead atoms. The molecular weight excluding hydrogens is 190 g/mol. The van der Waals surface area contributed by atoms with Crippen molar-refractivity contribution in [2.75, 3.05) is 5.32 Å². The minimum absolute atomic E-state index is 0.521. The fourth-order valence-electron chi connectivity index (χ4n) is 1.23. The van der Waals surface area contributed by atoms with Gasteiger partial charge in [-0.05, 0) is 24.3 Å². The zero-order chi connectivity index (χ0) is 10.5. The number of hydrogen-bond acceptors (Lipinski definition) is 3. The van der Waals surface area contributed by atoms with Gasteiger partial charge >= 0.3 is 0 Å². The third kappa shape index (κ3) is 2.17. The molecule has 0 radical (unpaired) electrons. The summed E-state index contributed by atoms with van der Waals surface area (Å²) in [4.78, 5) is 18.7. The third-order valence-electron chi connectivity index (χ3n) is 1.88. The third-order valence-corrected chi connectivity index (χ3v) is 1.88. The van der Waals surface area contributed by atoms with Crippen molar-refractivity contribution < 1.29 is 4.79 Å². The second-order valence-corrected chi connectivity index (χ2v) is 2.89. The number of hydrogen-bond donors (Lipinski definition) is 1. The van der Waals surface area contributed by atoms with E-state index in [0.29, 0.717) is 12.2 Å². The highest BCUT2D eigenvalue weighted by atomic mass is 16.1. The molecule has 0 aliphatic rings. The second-order valence-electron chi connectivity index (χ2n) is 2.89. The first-order valence-corrected chi connectivity index (χ1v) is 4.49. The molecule has 4 heteroatoms. The van der Waals surface area contributed by atoms with Gasteiger partial charge in [0, 0.05) is 6.20 Å². The summed E-state index contributed by atoms with van der Waals surface area (Å²) in [6, 6.07) is 11.0. The van der Waals surface area contributed by atoms with Crippen LogP contribution in [0.2, 0.25) is 0 Å². The number of anilines is 1. The largest absolute Gasteiger partial charge is 0.313 e. The number of carbonyl (C=O) groups is 1. The van der Waals surface area contributed by atoms with Gasteiger partial charge in [-0.1, -0.05) is 12.1 Å². The summed E-state index contributed by atoms with van der Waals surface area (Å²) in [6.45, 7) is 0. The Labute approximate surface area is 87.0 Å². The number of pyridine rings is 2. The summed E-state index contributed by atoms with van der Waals surface area (Å²) in [5.74, 6) is 0.521. The quantitative estimate of drug-likeness (QED) is 0.765. The fourth-order valence-corrected chi connectivity index (χ4v) is 1.23. The molecule has 15 heavy (non-hydrogen) atoms. The first-order chi connectivity index (χ1) is 7.40. The van der Waals surface area contributed by atoms with Crippen molar-refractivity contribution in [1.82, 2.24) is 9.97 Å². The molecule has 0 aliphatic heterocycles. The van der Waals surface area contributed by atoms with E-state index in [1.807, 2.05) is 30.3 Å². The molecule has 1 N–H and O–H groups in total. The average molecular weight is 199 g/mol. The standard InChI is InChI=1S/C11H9N3O/c15-8-13-11-6-3-5-10(14-11)9-4-1-2-7-12-9/h1-8H,(H,13,14,15). The van der Waals surface area contributed by atoms with Crippen LogP contribution in [0.15, 0.2) is 42.6 Å². The van der Waals surface area contributed by atoms with E-state index in [1.165, 1.54) is 0 Å². The smallest absolute Gasteiger partial charge is 0.212 e. The summed E-state index contributed by atoms with van der Waals surface area (Å²) in [6.07, 6.45) is 2.31. The van der Waals surface area contributed by atoms with Crippen LogP contribution in [0.1, 0.15) is 0 Å². The topological polar surface area (TPSA) is 54.9 Å². The molecule has 74 valence electrons. The zero-order valence-electron chi connectivity index (χ0n) is 7.92. The molecule has 0 fully saturated rings. The lowest BCUT2D eigenvalue weighted by Crippen LogP contribution is -1.97. The Bertz CT molecular complexity index is 456. The molecule has 2 heterocycles. The molecule has 0 atom stereocenters. The summed E-state index contributed by atoms with van der Waals surface area (Å²) >= 11 is 0. The minimum Gasteiger partial charge on any atom is -0.313 e. The maximum absolute atomic E-state index is 10.3. The van der Waals surface area contributed by atoms with Crippen LogP contribution in [0, 0.1) is 0 Å². The van der Waals surface area contributed by atoms with Crippen molar-refractivity contribution in [3.8, 4) is 11.4 Å². The van der Waals surface area contributed by atoms with E-state index in [0.717, 1.165) is 11.4 Å². The number of amides is 1. The lowest BCUT2D eigenvalue weighted by Gasteiger charge is -2.01. The number of rotatable bonds is 3.